The van der Waals surface area contributed by atoms with Crippen molar-refractivity contribution in [1.82, 2.24) is 9.88 Å². The zero-order valence-electron chi connectivity index (χ0n) is 16.3. The maximum atomic E-state index is 10.9. The predicted octanol–water partition coefficient (Wildman–Crippen LogP) is 4.30. The van der Waals surface area contributed by atoms with E-state index in [2.05, 4.69) is 29.2 Å². The summed E-state index contributed by atoms with van der Waals surface area (Å²) in [5, 5.41) is 0. The third kappa shape index (κ3) is 5.85. The first-order chi connectivity index (χ1) is 12.3. The first-order valence-corrected chi connectivity index (χ1v) is 8.78. The molecule has 3 rings (SSSR count). The van der Waals surface area contributed by atoms with Crippen LogP contribution in [0.3, 0.4) is 0 Å². The monoisotopic (exact) mass is 356 g/mol. The molecule has 1 aromatic heterocycles. The van der Waals surface area contributed by atoms with E-state index < -0.39 is 0 Å². The minimum atomic E-state index is -0.388. The molecule has 0 saturated carbocycles. The average Bonchev–Trinajstić information content (AvgIpc) is 2.61. The Bertz CT molecular complexity index is 722. The Morgan fingerprint density at radius 3 is 2.50 bits per heavy atom. The summed E-state index contributed by atoms with van der Waals surface area (Å²) in [5.41, 5.74) is 4.62. The molecule has 0 spiro atoms. The van der Waals surface area contributed by atoms with Crippen molar-refractivity contribution >= 4 is 6.09 Å². The SMILES string of the molecule is CN(C)C(=O)OC(C)(C)C.c1ccc(-c2cccc3c2CCOC3)nc1. The van der Waals surface area contributed by atoms with Gasteiger partial charge >= 0.3 is 6.09 Å². The van der Waals surface area contributed by atoms with Crippen molar-refractivity contribution in [3.63, 3.8) is 0 Å². The van der Waals surface area contributed by atoms with Gasteiger partial charge in [0.25, 0.3) is 0 Å². The number of hydrogen-bond donors (Lipinski definition) is 0. The second kappa shape index (κ2) is 8.81. The fourth-order valence-electron chi connectivity index (χ4n) is 2.54. The summed E-state index contributed by atoms with van der Waals surface area (Å²) in [6, 6.07) is 12.4. The third-order valence-corrected chi connectivity index (χ3v) is 3.73. The summed E-state index contributed by atoms with van der Waals surface area (Å²) in [4.78, 5) is 16.7. The van der Waals surface area contributed by atoms with Gasteiger partial charge in [0.1, 0.15) is 5.60 Å². The molecule has 1 aliphatic heterocycles. The molecule has 1 aliphatic rings. The van der Waals surface area contributed by atoms with Crippen LogP contribution in [0.2, 0.25) is 0 Å². The lowest BCUT2D eigenvalue weighted by atomic mass is 9.95. The van der Waals surface area contributed by atoms with Crippen molar-refractivity contribution in [2.24, 2.45) is 0 Å². The van der Waals surface area contributed by atoms with Crippen molar-refractivity contribution in [2.45, 2.75) is 39.4 Å². The van der Waals surface area contributed by atoms with Gasteiger partial charge in [-0.3, -0.25) is 4.98 Å². The zero-order valence-corrected chi connectivity index (χ0v) is 16.3. The molecule has 1 aromatic carbocycles. The smallest absolute Gasteiger partial charge is 0.409 e. The molecular weight excluding hydrogens is 328 g/mol. The topological polar surface area (TPSA) is 51.7 Å². The van der Waals surface area contributed by atoms with Gasteiger partial charge in [-0.15, -0.1) is 0 Å². The molecule has 0 N–H and O–H groups in total. The van der Waals surface area contributed by atoms with Crippen molar-refractivity contribution in [3.8, 4) is 11.3 Å². The van der Waals surface area contributed by atoms with Crippen LogP contribution in [-0.4, -0.2) is 42.3 Å². The second-order valence-corrected chi connectivity index (χ2v) is 7.34. The first kappa shape index (κ1) is 19.9. The van der Waals surface area contributed by atoms with E-state index >= 15 is 0 Å². The van der Waals surface area contributed by atoms with Crippen molar-refractivity contribution in [3.05, 3.63) is 53.7 Å². The molecule has 0 unspecified atom stereocenters. The number of pyridine rings is 1. The van der Waals surface area contributed by atoms with Crippen LogP contribution in [-0.2, 0) is 22.5 Å². The van der Waals surface area contributed by atoms with E-state index in [0.29, 0.717) is 0 Å². The number of hydrogen-bond acceptors (Lipinski definition) is 4. The molecule has 0 atom stereocenters. The Morgan fingerprint density at radius 1 is 1.15 bits per heavy atom. The van der Waals surface area contributed by atoms with Crippen LogP contribution in [0.1, 0.15) is 31.9 Å². The zero-order chi connectivity index (χ0) is 19.2. The van der Waals surface area contributed by atoms with Gasteiger partial charge < -0.3 is 14.4 Å². The van der Waals surface area contributed by atoms with E-state index in [-0.39, 0.29) is 11.7 Å². The highest BCUT2D eigenvalue weighted by Crippen LogP contribution is 2.27. The largest absolute Gasteiger partial charge is 0.444 e. The summed E-state index contributed by atoms with van der Waals surface area (Å²) >= 11 is 0. The quantitative estimate of drug-likeness (QED) is 0.764. The molecule has 0 aliphatic carbocycles. The molecule has 26 heavy (non-hydrogen) atoms. The van der Waals surface area contributed by atoms with Gasteiger partial charge in [-0.05, 0) is 50.5 Å². The summed E-state index contributed by atoms with van der Waals surface area (Å²) in [5.74, 6) is 0. The summed E-state index contributed by atoms with van der Waals surface area (Å²) in [7, 11) is 3.32. The molecule has 140 valence electrons. The minimum absolute atomic E-state index is 0.299. The molecule has 2 aromatic rings. The van der Waals surface area contributed by atoms with Crippen LogP contribution in [0, 0.1) is 0 Å². The van der Waals surface area contributed by atoms with Crippen molar-refractivity contribution in [2.75, 3.05) is 20.7 Å². The highest BCUT2D eigenvalue weighted by molar-refractivity contribution is 5.67. The van der Waals surface area contributed by atoms with E-state index in [1.807, 2.05) is 39.1 Å². The van der Waals surface area contributed by atoms with E-state index in [1.54, 1.807) is 14.1 Å². The van der Waals surface area contributed by atoms with Gasteiger partial charge in [-0.1, -0.05) is 24.3 Å². The molecule has 0 radical (unpaired) electrons. The Labute approximate surface area is 156 Å². The third-order valence-electron chi connectivity index (χ3n) is 3.73. The maximum absolute atomic E-state index is 10.9. The number of carbonyl (C=O) groups excluding carboxylic acids is 1. The first-order valence-electron chi connectivity index (χ1n) is 8.78. The van der Waals surface area contributed by atoms with E-state index in [0.717, 1.165) is 25.3 Å². The van der Waals surface area contributed by atoms with Gasteiger partial charge in [0.15, 0.2) is 0 Å². The lowest BCUT2D eigenvalue weighted by Crippen LogP contribution is -2.31. The Balaban J connectivity index is 0.000000213. The maximum Gasteiger partial charge on any atom is 0.409 e. The molecule has 0 bridgehead atoms. The van der Waals surface area contributed by atoms with Gasteiger partial charge in [-0.2, -0.15) is 0 Å². The summed E-state index contributed by atoms with van der Waals surface area (Å²) < 4.78 is 10.5. The molecule has 5 heteroatoms. The molecule has 1 amide bonds. The van der Waals surface area contributed by atoms with Crippen LogP contribution < -0.4 is 0 Å². The van der Waals surface area contributed by atoms with Crippen LogP contribution in [0.15, 0.2) is 42.6 Å². The van der Waals surface area contributed by atoms with Crippen LogP contribution in [0.25, 0.3) is 11.3 Å². The van der Waals surface area contributed by atoms with Gasteiger partial charge in [0, 0.05) is 25.9 Å². The van der Waals surface area contributed by atoms with Crippen LogP contribution in [0.5, 0.6) is 0 Å². The Hall–Kier alpha value is -2.40. The molecule has 0 fully saturated rings. The second-order valence-electron chi connectivity index (χ2n) is 7.34. The molecule has 2 heterocycles. The molecule has 0 saturated heterocycles. The fourth-order valence-corrected chi connectivity index (χ4v) is 2.54. The normalized spacial score (nSPS) is 13.1. The predicted molar refractivity (Wildman–Crippen MR) is 103 cm³/mol. The number of ether oxygens (including phenoxy) is 2. The Kier molecular flexibility index (Phi) is 6.75. The molecule has 5 nitrogen and oxygen atoms in total. The van der Waals surface area contributed by atoms with Crippen molar-refractivity contribution < 1.29 is 14.3 Å². The standard InChI is InChI=1S/C14H13NO.C7H15NO2/c1-2-8-15-14(6-1)13-5-3-4-11-10-16-9-7-12(11)13;1-7(2,3)10-6(9)8(4)5/h1-6,8H,7,9-10H2;1-5H3. The molecular formula is C21H28N2O3. The van der Waals surface area contributed by atoms with Gasteiger partial charge in [0.2, 0.25) is 0 Å². The number of aromatic nitrogens is 1. The fraction of sp³-hybridized carbons (Fsp3) is 0.429. The lowest BCUT2D eigenvalue weighted by molar-refractivity contribution is 0.0341. The number of amides is 1. The van der Waals surface area contributed by atoms with Crippen LogP contribution >= 0.6 is 0 Å². The van der Waals surface area contributed by atoms with Crippen molar-refractivity contribution in [1.29, 1.82) is 0 Å². The Morgan fingerprint density at radius 2 is 1.92 bits per heavy atom. The highest BCUT2D eigenvalue weighted by atomic mass is 16.6. The minimum Gasteiger partial charge on any atom is -0.444 e. The van der Waals surface area contributed by atoms with E-state index in [4.69, 9.17) is 9.47 Å². The van der Waals surface area contributed by atoms with E-state index in [9.17, 15) is 4.79 Å². The number of carbonyl (C=O) groups is 1. The average molecular weight is 356 g/mol. The number of rotatable bonds is 1. The lowest BCUT2D eigenvalue weighted by Gasteiger charge is -2.22. The highest BCUT2D eigenvalue weighted by Gasteiger charge is 2.17. The summed E-state index contributed by atoms with van der Waals surface area (Å²) in [6.45, 7) is 7.07. The van der Waals surface area contributed by atoms with Crippen LogP contribution in [0.4, 0.5) is 4.79 Å². The summed E-state index contributed by atoms with van der Waals surface area (Å²) in [6.07, 6.45) is 2.53. The van der Waals surface area contributed by atoms with Gasteiger partial charge in [0.05, 0.1) is 18.9 Å². The number of fused-ring (bicyclic) bond motifs is 1. The number of benzene rings is 1. The number of nitrogens with zero attached hydrogens (tertiary/aromatic N) is 2. The van der Waals surface area contributed by atoms with E-state index in [1.165, 1.54) is 21.6 Å². The van der Waals surface area contributed by atoms with Gasteiger partial charge in [-0.25, -0.2) is 4.79 Å².